The summed E-state index contributed by atoms with van der Waals surface area (Å²) in [6.07, 6.45) is 1.03. The third kappa shape index (κ3) is 4.23. The molecule has 0 aliphatic rings. The lowest BCUT2D eigenvalue weighted by Crippen LogP contribution is -2.21. The van der Waals surface area contributed by atoms with Gasteiger partial charge in [-0.2, -0.15) is 0 Å². The molecule has 0 fully saturated rings. The zero-order valence-electron chi connectivity index (χ0n) is 11.1. The van der Waals surface area contributed by atoms with Gasteiger partial charge in [-0.1, -0.05) is 38.1 Å². The van der Waals surface area contributed by atoms with E-state index in [0.717, 1.165) is 30.9 Å². The van der Waals surface area contributed by atoms with E-state index in [-0.39, 0.29) is 6.04 Å². The van der Waals surface area contributed by atoms with Gasteiger partial charge in [-0.3, -0.25) is 0 Å². The summed E-state index contributed by atoms with van der Waals surface area (Å²) >= 11 is 0. The van der Waals surface area contributed by atoms with Crippen molar-refractivity contribution in [1.82, 2.24) is 5.32 Å². The Morgan fingerprint density at radius 1 is 1.41 bits per heavy atom. The summed E-state index contributed by atoms with van der Waals surface area (Å²) in [7, 11) is 0. The number of rotatable bonds is 7. The Morgan fingerprint density at radius 3 is 2.76 bits per heavy atom. The molecule has 0 radical (unpaired) electrons. The summed E-state index contributed by atoms with van der Waals surface area (Å²) in [4.78, 5) is 0. The van der Waals surface area contributed by atoms with Gasteiger partial charge in [-0.05, 0) is 37.6 Å². The van der Waals surface area contributed by atoms with Crippen LogP contribution in [-0.2, 0) is 0 Å². The maximum absolute atomic E-state index is 5.65. The molecule has 0 spiro atoms. The van der Waals surface area contributed by atoms with Crippen LogP contribution >= 0.6 is 0 Å². The molecular weight excluding hydrogens is 210 g/mol. The highest BCUT2D eigenvalue weighted by molar-refractivity contribution is 5.34. The monoisotopic (exact) mass is 233 g/mol. The van der Waals surface area contributed by atoms with Crippen molar-refractivity contribution in [2.24, 2.45) is 0 Å². The van der Waals surface area contributed by atoms with Gasteiger partial charge in [0.15, 0.2) is 0 Å². The van der Waals surface area contributed by atoms with Gasteiger partial charge in [0, 0.05) is 0 Å². The van der Waals surface area contributed by atoms with E-state index in [9.17, 15) is 0 Å². The van der Waals surface area contributed by atoms with E-state index in [2.05, 4.69) is 37.9 Å². The van der Waals surface area contributed by atoms with Crippen LogP contribution in [0.25, 0.3) is 0 Å². The van der Waals surface area contributed by atoms with Crippen molar-refractivity contribution in [3.05, 3.63) is 42.0 Å². The van der Waals surface area contributed by atoms with Crippen molar-refractivity contribution >= 4 is 0 Å². The topological polar surface area (TPSA) is 21.3 Å². The molecule has 1 atom stereocenters. The molecular formula is C15H23NO. The van der Waals surface area contributed by atoms with Crippen LogP contribution in [-0.4, -0.2) is 13.2 Å². The highest BCUT2D eigenvalue weighted by Gasteiger charge is 2.11. The number of likely N-dealkylation sites (N-methyl/N-ethyl adjacent to an activating group) is 1. The van der Waals surface area contributed by atoms with Crippen LogP contribution in [0.2, 0.25) is 0 Å². The van der Waals surface area contributed by atoms with Crippen molar-refractivity contribution in [3.63, 3.8) is 0 Å². The van der Waals surface area contributed by atoms with Crippen molar-refractivity contribution < 1.29 is 4.74 Å². The first-order valence-electron chi connectivity index (χ1n) is 6.30. The molecule has 1 N–H and O–H groups in total. The number of ether oxygens (including phenoxy) is 1. The second-order valence-electron chi connectivity index (χ2n) is 4.26. The highest BCUT2D eigenvalue weighted by Crippen LogP contribution is 2.23. The van der Waals surface area contributed by atoms with Crippen LogP contribution in [0.1, 0.15) is 38.8 Å². The molecule has 94 valence electrons. The quantitative estimate of drug-likeness (QED) is 0.725. The molecule has 17 heavy (non-hydrogen) atoms. The number of benzene rings is 1. The van der Waals surface area contributed by atoms with Crippen molar-refractivity contribution in [2.45, 2.75) is 33.2 Å². The smallest absolute Gasteiger partial charge is 0.119 e. The van der Waals surface area contributed by atoms with E-state index in [1.54, 1.807) is 0 Å². The van der Waals surface area contributed by atoms with E-state index in [1.165, 1.54) is 5.56 Å². The third-order valence-electron chi connectivity index (χ3n) is 2.57. The lowest BCUT2D eigenvalue weighted by Gasteiger charge is -2.19. The normalized spacial score (nSPS) is 12.2. The summed E-state index contributed by atoms with van der Waals surface area (Å²) in [6.45, 7) is 12.0. The second kappa shape index (κ2) is 7.13. The van der Waals surface area contributed by atoms with Crippen molar-refractivity contribution in [3.8, 4) is 5.75 Å². The number of hydrogen-bond acceptors (Lipinski definition) is 2. The zero-order chi connectivity index (χ0) is 12.7. The maximum atomic E-state index is 5.65. The van der Waals surface area contributed by atoms with Crippen LogP contribution in [0.5, 0.6) is 5.75 Å². The molecule has 2 heteroatoms. The van der Waals surface area contributed by atoms with Crippen LogP contribution in [0.15, 0.2) is 36.4 Å². The first-order valence-corrected chi connectivity index (χ1v) is 6.30. The van der Waals surface area contributed by atoms with Gasteiger partial charge < -0.3 is 10.1 Å². The summed E-state index contributed by atoms with van der Waals surface area (Å²) in [5.74, 6) is 0.938. The molecule has 0 heterocycles. The van der Waals surface area contributed by atoms with E-state index < -0.39 is 0 Å². The first kappa shape index (κ1) is 13.8. The highest BCUT2D eigenvalue weighted by atomic mass is 16.5. The largest absolute Gasteiger partial charge is 0.494 e. The minimum Gasteiger partial charge on any atom is -0.494 e. The zero-order valence-corrected chi connectivity index (χ0v) is 11.1. The molecule has 0 saturated heterocycles. The Labute approximate surface area is 105 Å². The van der Waals surface area contributed by atoms with Gasteiger partial charge in [-0.25, -0.2) is 0 Å². The van der Waals surface area contributed by atoms with Crippen LogP contribution in [0, 0.1) is 0 Å². The Balaban J connectivity index is 2.83. The standard InChI is InChI=1S/C15H23NO/c1-5-10-17-14-9-7-8-13(11-14)15(12(3)4)16-6-2/h7-9,11,15-16H,3,5-6,10H2,1-2,4H3. The lowest BCUT2D eigenvalue weighted by atomic mass is 10.0. The fourth-order valence-electron chi connectivity index (χ4n) is 1.78. The molecule has 0 amide bonds. The fraction of sp³-hybridized carbons (Fsp3) is 0.467. The third-order valence-corrected chi connectivity index (χ3v) is 2.57. The molecule has 0 bridgehead atoms. The molecule has 1 unspecified atom stereocenters. The van der Waals surface area contributed by atoms with Crippen LogP contribution in [0.3, 0.4) is 0 Å². The van der Waals surface area contributed by atoms with Gasteiger partial charge in [0.05, 0.1) is 12.6 Å². The van der Waals surface area contributed by atoms with E-state index in [0.29, 0.717) is 0 Å². The Hall–Kier alpha value is -1.28. The van der Waals surface area contributed by atoms with Crippen LogP contribution < -0.4 is 10.1 Å². The maximum Gasteiger partial charge on any atom is 0.119 e. The van der Waals surface area contributed by atoms with Gasteiger partial charge >= 0.3 is 0 Å². The van der Waals surface area contributed by atoms with Gasteiger partial charge in [0.2, 0.25) is 0 Å². The van der Waals surface area contributed by atoms with E-state index >= 15 is 0 Å². The predicted octanol–water partition coefficient (Wildman–Crippen LogP) is 3.70. The minimum atomic E-state index is 0.213. The Kier molecular flexibility index (Phi) is 5.78. The minimum absolute atomic E-state index is 0.213. The van der Waals surface area contributed by atoms with Crippen LogP contribution in [0.4, 0.5) is 0 Å². The second-order valence-corrected chi connectivity index (χ2v) is 4.26. The van der Waals surface area contributed by atoms with Crippen molar-refractivity contribution in [2.75, 3.05) is 13.2 Å². The summed E-state index contributed by atoms with van der Waals surface area (Å²) < 4.78 is 5.65. The average molecular weight is 233 g/mol. The average Bonchev–Trinajstić information content (AvgIpc) is 2.33. The lowest BCUT2D eigenvalue weighted by molar-refractivity contribution is 0.317. The van der Waals surface area contributed by atoms with Crippen molar-refractivity contribution in [1.29, 1.82) is 0 Å². The number of nitrogens with one attached hydrogen (secondary N) is 1. The summed E-state index contributed by atoms with van der Waals surface area (Å²) in [5, 5.41) is 3.43. The molecule has 0 aliphatic carbocycles. The molecule has 0 aromatic heterocycles. The SMILES string of the molecule is C=C(C)C(NCC)c1cccc(OCCC)c1. The Bertz CT molecular complexity index is 360. The van der Waals surface area contributed by atoms with Gasteiger partial charge in [0.25, 0.3) is 0 Å². The predicted molar refractivity (Wildman–Crippen MR) is 73.5 cm³/mol. The van der Waals surface area contributed by atoms with Gasteiger partial charge in [0.1, 0.15) is 5.75 Å². The Morgan fingerprint density at radius 2 is 2.18 bits per heavy atom. The van der Waals surface area contributed by atoms with Gasteiger partial charge in [-0.15, -0.1) is 0 Å². The molecule has 1 rings (SSSR count). The summed E-state index contributed by atoms with van der Waals surface area (Å²) in [5.41, 5.74) is 2.34. The molecule has 1 aromatic carbocycles. The fourth-order valence-corrected chi connectivity index (χ4v) is 1.78. The summed E-state index contributed by atoms with van der Waals surface area (Å²) in [6, 6.07) is 8.46. The first-order chi connectivity index (χ1) is 8.19. The molecule has 0 aliphatic heterocycles. The number of hydrogen-bond donors (Lipinski definition) is 1. The van der Waals surface area contributed by atoms with E-state index in [4.69, 9.17) is 4.74 Å². The molecule has 2 nitrogen and oxygen atoms in total. The molecule has 1 aromatic rings. The molecule has 0 saturated carbocycles. The van der Waals surface area contributed by atoms with E-state index in [1.807, 2.05) is 19.1 Å².